The first kappa shape index (κ1) is 14.3. The number of nitrogens with two attached hydrogens (primary N) is 1. The molecule has 2 aromatic rings. The van der Waals surface area contributed by atoms with Crippen molar-refractivity contribution in [3.63, 3.8) is 0 Å². The zero-order valence-corrected chi connectivity index (χ0v) is 12.7. The lowest BCUT2D eigenvalue weighted by molar-refractivity contribution is 0.239. The van der Waals surface area contributed by atoms with Gasteiger partial charge < -0.3 is 5.73 Å². The number of aryl methyl sites for hydroxylation is 1. The van der Waals surface area contributed by atoms with E-state index in [1.807, 2.05) is 0 Å². The van der Waals surface area contributed by atoms with Crippen molar-refractivity contribution >= 4 is 0 Å². The van der Waals surface area contributed by atoms with Gasteiger partial charge in [0.25, 0.3) is 0 Å². The second-order valence-corrected chi connectivity index (χ2v) is 5.95. The van der Waals surface area contributed by atoms with Gasteiger partial charge in [-0.2, -0.15) is 0 Å². The van der Waals surface area contributed by atoms with Crippen molar-refractivity contribution in [3.8, 4) is 0 Å². The zero-order valence-electron chi connectivity index (χ0n) is 12.7. The lowest BCUT2D eigenvalue weighted by Gasteiger charge is -2.27. The molecule has 110 valence electrons. The van der Waals surface area contributed by atoms with Crippen LogP contribution in [-0.2, 0) is 13.0 Å². The molecule has 0 spiro atoms. The van der Waals surface area contributed by atoms with E-state index in [0.717, 1.165) is 25.9 Å². The average molecular weight is 280 g/mol. The smallest absolute Gasteiger partial charge is 0.0503 e. The van der Waals surface area contributed by atoms with E-state index < -0.39 is 0 Å². The van der Waals surface area contributed by atoms with Gasteiger partial charge in [-0.3, -0.25) is 4.90 Å². The number of nitrogens with zero attached hydrogens (tertiary/aromatic N) is 1. The van der Waals surface area contributed by atoms with Gasteiger partial charge in [-0.1, -0.05) is 61.5 Å². The van der Waals surface area contributed by atoms with Crippen molar-refractivity contribution in [1.29, 1.82) is 0 Å². The summed E-state index contributed by atoms with van der Waals surface area (Å²) in [4.78, 5) is 2.51. The first-order valence-electron chi connectivity index (χ1n) is 7.90. The fourth-order valence-electron chi connectivity index (χ4n) is 3.28. The third-order valence-corrected chi connectivity index (χ3v) is 4.51. The molecule has 2 N–H and O–H groups in total. The first-order valence-corrected chi connectivity index (χ1v) is 7.90. The Hall–Kier alpha value is -1.64. The predicted octanol–water partition coefficient (Wildman–Crippen LogP) is 3.52. The molecule has 0 amide bonds. The Balaban J connectivity index is 1.77. The molecular formula is C19H24N2. The van der Waals surface area contributed by atoms with Crippen LogP contribution in [0.1, 0.15) is 36.1 Å². The first-order chi connectivity index (χ1) is 10.3. The summed E-state index contributed by atoms with van der Waals surface area (Å²) in [5, 5.41) is 0. The third kappa shape index (κ3) is 3.17. The van der Waals surface area contributed by atoms with Gasteiger partial charge in [0, 0.05) is 19.1 Å². The van der Waals surface area contributed by atoms with Crippen LogP contribution in [0.5, 0.6) is 0 Å². The van der Waals surface area contributed by atoms with Crippen molar-refractivity contribution in [2.75, 3.05) is 6.54 Å². The van der Waals surface area contributed by atoms with Crippen molar-refractivity contribution in [2.24, 2.45) is 5.73 Å². The molecule has 21 heavy (non-hydrogen) atoms. The molecule has 1 aliphatic rings. The van der Waals surface area contributed by atoms with E-state index >= 15 is 0 Å². The lowest BCUT2D eigenvalue weighted by atomic mass is 10.0. The predicted molar refractivity (Wildman–Crippen MR) is 88.0 cm³/mol. The Kier molecular flexibility index (Phi) is 4.37. The van der Waals surface area contributed by atoms with Crippen LogP contribution in [0.4, 0.5) is 0 Å². The third-order valence-electron chi connectivity index (χ3n) is 4.51. The second kappa shape index (κ2) is 6.42. The van der Waals surface area contributed by atoms with Crippen molar-refractivity contribution in [1.82, 2.24) is 4.90 Å². The molecule has 2 nitrogen and oxygen atoms in total. The Morgan fingerprint density at radius 1 is 1.00 bits per heavy atom. The minimum atomic E-state index is 0.238. The molecule has 1 fully saturated rings. The highest BCUT2D eigenvalue weighted by atomic mass is 15.2. The van der Waals surface area contributed by atoms with Gasteiger partial charge in [0.1, 0.15) is 0 Å². The minimum absolute atomic E-state index is 0.238. The van der Waals surface area contributed by atoms with E-state index in [2.05, 4.69) is 66.4 Å². The van der Waals surface area contributed by atoms with Gasteiger partial charge in [-0.05, 0) is 29.5 Å². The van der Waals surface area contributed by atoms with Crippen LogP contribution in [0.3, 0.4) is 0 Å². The van der Waals surface area contributed by atoms with Crippen LogP contribution < -0.4 is 5.73 Å². The Morgan fingerprint density at radius 2 is 1.67 bits per heavy atom. The Labute approximate surface area is 127 Å². The number of hydrogen-bond donors (Lipinski definition) is 1. The SMILES string of the molecule is CCc1ccc(CN2CC[C@@H](N)[C@H]2c2ccccc2)cc1. The number of hydrogen-bond acceptors (Lipinski definition) is 2. The van der Waals surface area contributed by atoms with Gasteiger partial charge in [-0.15, -0.1) is 0 Å². The number of benzene rings is 2. The minimum Gasteiger partial charge on any atom is -0.326 e. The molecule has 2 atom stereocenters. The van der Waals surface area contributed by atoms with Crippen LogP contribution in [0.25, 0.3) is 0 Å². The van der Waals surface area contributed by atoms with E-state index in [4.69, 9.17) is 5.73 Å². The Morgan fingerprint density at radius 3 is 2.33 bits per heavy atom. The van der Waals surface area contributed by atoms with E-state index in [1.54, 1.807) is 0 Å². The summed E-state index contributed by atoms with van der Waals surface area (Å²) in [6.07, 6.45) is 2.17. The molecule has 0 bridgehead atoms. The van der Waals surface area contributed by atoms with Crippen LogP contribution in [0.15, 0.2) is 54.6 Å². The molecule has 1 aliphatic heterocycles. The fraction of sp³-hybridized carbons (Fsp3) is 0.368. The van der Waals surface area contributed by atoms with Crippen LogP contribution in [-0.4, -0.2) is 17.5 Å². The average Bonchev–Trinajstić information content (AvgIpc) is 2.89. The van der Waals surface area contributed by atoms with Crippen molar-refractivity contribution in [3.05, 3.63) is 71.3 Å². The molecule has 0 aromatic heterocycles. The molecule has 2 heteroatoms. The number of rotatable bonds is 4. The van der Waals surface area contributed by atoms with E-state index in [9.17, 15) is 0 Å². The normalized spacial score (nSPS) is 22.6. The maximum atomic E-state index is 6.36. The van der Waals surface area contributed by atoms with Gasteiger partial charge in [0.2, 0.25) is 0 Å². The summed E-state index contributed by atoms with van der Waals surface area (Å²) in [5.41, 5.74) is 10.5. The summed E-state index contributed by atoms with van der Waals surface area (Å²) in [5.74, 6) is 0. The standard InChI is InChI=1S/C19H24N2/c1-2-15-8-10-16(11-9-15)14-21-13-12-18(20)19(21)17-6-4-3-5-7-17/h3-11,18-19H,2,12-14,20H2,1H3/t18-,19-/m1/s1. The van der Waals surface area contributed by atoms with Crippen molar-refractivity contribution < 1.29 is 0 Å². The monoisotopic (exact) mass is 280 g/mol. The second-order valence-electron chi connectivity index (χ2n) is 5.95. The van der Waals surface area contributed by atoms with E-state index in [1.165, 1.54) is 16.7 Å². The van der Waals surface area contributed by atoms with Gasteiger partial charge >= 0.3 is 0 Å². The molecule has 1 heterocycles. The summed E-state index contributed by atoms with van der Waals surface area (Å²) in [6, 6.07) is 20.2. The quantitative estimate of drug-likeness (QED) is 0.928. The lowest BCUT2D eigenvalue weighted by Crippen LogP contribution is -2.31. The fourth-order valence-corrected chi connectivity index (χ4v) is 3.28. The molecule has 0 aliphatic carbocycles. The molecule has 2 aromatic carbocycles. The Bertz CT molecular complexity index is 562. The zero-order chi connectivity index (χ0) is 14.7. The summed E-state index contributed by atoms with van der Waals surface area (Å²) < 4.78 is 0. The van der Waals surface area contributed by atoms with Crippen LogP contribution in [0, 0.1) is 0 Å². The molecule has 3 rings (SSSR count). The highest BCUT2D eigenvalue weighted by Gasteiger charge is 2.32. The molecule has 0 unspecified atom stereocenters. The molecule has 0 saturated carbocycles. The highest BCUT2D eigenvalue weighted by molar-refractivity contribution is 5.25. The van der Waals surface area contributed by atoms with Crippen LogP contribution >= 0.6 is 0 Å². The van der Waals surface area contributed by atoms with Crippen LogP contribution in [0.2, 0.25) is 0 Å². The van der Waals surface area contributed by atoms with E-state index in [-0.39, 0.29) is 6.04 Å². The van der Waals surface area contributed by atoms with Gasteiger partial charge in [0.05, 0.1) is 6.04 Å². The van der Waals surface area contributed by atoms with E-state index in [0.29, 0.717) is 6.04 Å². The molecule has 1 saturated heterocycles. The molecule has 0 radical (unpaired) electrons. The summed E-state index contributed by atoms with van der Waals surface area (Å²) >= 11 is 0. The highest BCUT2D eigenvalue weighted by Crippen LogP contribution is 2.32. The maximum absolute atomic E-state index is 6.36. The topological polar surface area (TPSA) is 29.3 Å². The molecular weight excluding hydrogens is 256 g/mol. The number of likely N-dealkylation sites (tertiary alicyclic amines) is 1. The van der Waals surface area contributed by atoms with Crippen molar-refractivity contribution in [2.45, 2.75) is 38.4 Å². The van der Waals surface area contributed by atoms with Gasteiger partial charge in [-0.25, -0.2) is 0 Å². The maximum Gasteiger partial charge on any atom is 0.0503 e. The largest absolute Gasteiger partial charge is 0.326 e. The summed E-state index contributed by atoms with van der Waals surface area (Å²) in [7, 11) is 0. The van der Waals surface area contributed by atoms with Gasteiger partial charge in [0.15, 0.2) is 0 Å². The summed E-state index contributed by atoms with van der Waals surface area (Å²) in [6.45, 7) is 4.26.